The maximum Gasteiger partial charge on any atom is 0.226 e. The maximum atomic E-state index is 12.1. The molecule has 23 heavy (non-hydrogen) atoms. The van der Waals surface area contributed by atoms with Gasteiger partial charge in [-0.1, -0.05) is 28.1 Å². The van der Waals surface area contributed by atoms with Crippen molar-refractivity contribution in [2.45, 2.75) is 20.3 Å². The molecule has 0 aliphatic carbocycles. The smallest absolute Gasteiger partial charge is 0.226 e. The molecule has 0 spiro atoms. The van der Waals surface area contributed by atoms with E-state index < -0.39 is 0 Å². The van der Waals surface area contributed by atoms with Crippen molar-refractivity contribution in [2.24, 2.45) is 0 Å². The first kappa shape index (κ1) is 17.2. The van der Waals surface area contributed by atoms with Gasteiger partial charge < -0.3 is 10.2 Å². The van der Waals surface area contributed by atoms with Gasteiger partial charge in [-0.15, -0.1) is 0 Å². The summed E-state index contributed by atoms with van der Waals surface area (Å²) >= 11 is 3.37. The Morgan fingerprint density at radius 2 is 1.83 bits per heavy atom. The van der Waals surface area contributed by atoms with Crippen LogP contribution in [0.2, 0.25) is 0 Å². The van der Waals surface area contributed by atoms with Gasteiger partial charge in [0.2, 0.25) is 11.8 Å². The number of nitrogens with one attached hydrogen (secondary N) is 1. The molecule has 1 N–H and O–H groups in total. The number of carbonyl (C=O) groups excluding carboxylic acids is 2. The molecule has 0 atom stereocenters. The Morgan fingerprint density at radius 1 is 1.13 bits per heavy atom. The van der Waals surface area contributed by atoms with E-state index in [9.17, 15) is 9.59 Å². The van der Waals surface area contributed by atoms with E-state index in [1.165, 1.54) is 6.92 Å². The largest absolute Gasteiger partial charge is 0.326 e. The van der Waals surface area contributed by atoms with Gasteiger partial charge in [-0.05, 0) is 48.9 Å². The lowest BCUT2D eigenvalue weighted by atomic mass is 10.2. The van der Waals surface area contributed by atoms with Crippen LogP contribution in [0.5, 0.6) is 0 Å². The second-order valence-corrected chi connectivity index (χ2v) is 6.23. The first-order valence-electron chi connectivity index (χ1n) is 7.36. The van der Waals surface area contributed by atoms with Crippen LogP contribution in [-0.2, 0) is 9.59 Å². The van der Waals surface area contributed by atoms with Crippen LogP contribution in [0.25, 0.3) is 0 Å². The van der Waals surface area contributed by atoms with Gasteiger partial charge in [-0.25, -0.2) is 0 Å². The Balaban J connectivity index is 1.97. The zero-order valence-electron chi connectivity index (χ0n) is 13.2. The van der Waals surface area contributed by atoms with Crippen LogP contribution in [-0.4, -0.2) is 18.4 Å². The van der Waals surface area contributed by atoms with Crippen LogP contribution in [0.15, 0.2) is 53.0 Å². The summed E-state index contributed by atoms with van der Waals surface area (Å²) in [6, 6.07) is 15.1. The second kappa shape index (κ2) is 7.92. The average Bonchev–Trinajstić information content (AvgIpc) is 2.49. The molecular formula is C18H19BrN2O2. The molecule has 0 bridgehead atoms. The van der Waals surface area contributed by atoms with Gasteiger partial charge in [-0.3, -0.25) is 9.59 Å². The molecule has 0 aliphatic rings. The zero-order chi connectivity index (χ0) is 16.8. The number of benzene rings is 2. The monoisotopic (exact) mass is 374 g/mol. The number of aryl methyl sites for hydroxylation is 1. The lowest BCUT2D eigenvalue weighted by Gasteiger charge is -2.21. The number of nitrogens with zero attached hydrogens (tertiary/aromatic N) is 1. The highest BCUT2D eigenvalue weighted by Crippen LogP contribution is 2.19. The van der Waals surface area contributed by atoms with Crippen molar-refractivity contribution >= 4 is 39.1 Å². The Kier molecular flexibility index (Phi) is 5.93. The van der Waals surface area contributed by atoms with E-state index in [1.807, 2.05) is 55.5 Å². The lowest BCUT2D eigenvalue weighted by Crippen LogP contribution is -2.31. The molecule has 0 fully saturated rings. The molecule has 0 aliphatic heterocycles. The second-order valence-electron chi connectivity index (χ2n) is 5.31. The van der Waals surface area contributed by atoms with E-state index in [1.54, 1.807) is 4.90 Å². The van der Waals surface area contributed by atoms with Crippen molar-refractivity contribution in [1.82, 2.24) is 0 Å². The summed E-state index contributed by atoms with van der Waals surface area (Å²) in [6.07, 6.45) is 0.240. The number of anilines is 2. The van der Waals surface area contributed by atoms with Crippen molar-refractivity contribution in [2.75, 3.05) is 16.8 Å². The quantitative estimate of drug-likeness (QED) is 0.854. The highest BCUT2D eigenvalue weighted by Gasteiger charge is 2.13. The summed E-state index contributed by atoms with van der Waals surface area (Å²) < 4.78 is 0.946. The van der Waals surface area contributed by atoms with Crippen LogP contribution >= 0.6 is 15.9 Å². The molecule has 0 saturated heterocycles. The molecule has 0 saturated carbocycles. The van der Waals surface area contributed by atoms with E-state index in [2.05, 4.69) is 21.2 Å². The Bertz CT molecular complexity index is 698. The van der Waals surface area contributed by atoms with Crippen LogP contribution in [0.3, 0.4) is 0 Å². The molecule has 0 aromatic heterocycles. The van der Waals surface area contributed by atoms with Gasteiger partial charge in [0.1, 0.15) is 0 Å². The van der Waals surface area contributed by atoms with Crippen LogP contribution < -0.4 is 10.2 Å². The first-order chi connectivity index (χ1) is 11.0. The Labute approximate surface area is 144 Å². The summed E-state index contributed by atoms with van der Waals surface area (Å²) in [6.45, 7) is 3.82. The van der Waals surface area contributed by atoms with Gasteiger partial charge in [0.05, 0.1) is 0 Å². The number of hydrogen-bond acceptors (Lipinski definition) is 2. The van der Waals surface area contributed by atoms with E-state index >= 15 is 0 Å². The predicted octanol–water partition coefficient (Wildman–Crippen LogP) is 4.14. The first-order valence-corrected chi connectivity index (χ1v) is 8.15. The minimum atomic E-state index is -0.112. The van der Waals surface area contributed by atoms with E-state index in [0.717, 1.165) is 21.4 Å². The third-order valence-electron chi connectivity index (χ3n) is 3.38. The van der Waals surface area contributed by atoms with Gasteiger partial charge in [0.15, 0.2) is 0 Å². The summed E-state index contributed by atoms with van der Waals surface area (Å²) in [5.41, 5.74) is 2.64. The van der Waals surface area contributed by atoms with E-state index in [0.29, 0.717) is 6.54 Å². The minimum Gasteiger partial charge on any atom is -0.326 e. The number of hydrogen-bond donors (Lipinski definition) is 1. The molecule has 0 heterocycles. The molecule has 0 unspecified atom stereocenters. The van der Waals surface area contributed by atoms with Crippen LogP contribution in [0.1, 0.15) is 18.9 Å². The highest BCUT2D eigenvalue weighted by atomic mass is 79.9. The normalized spacial score (nSPS) is 10.2. The van der Waals surface area contributed by atoms with Crippen LogP contribution in [0, 0.1) is 6.92 Å². The molecule has 4 nitrogen and oxygen atoms in total. The Morgan fingerprint density at radius 3 is 2.43 bits per heavy atom. The van der Waals surface area contributed by atoms with E-state index in [-0.39, 0.29) is 18.2 Å². The average molecular weight is 375 g/mol. The van der Waals surface area contributed by atoms with Gasteiger partial charge in [0, 0.05) is 35.7 Å². The summed E-state index contributed by atoms with van der Waals surface area (Å²) in [7, 11) is 0. The van der Waals surface area contributed by atoms with Crippen molar-refractivity contribution in [3.63, 3.8) is 0 Å². The summed E-state index contributed by atoms with van der Waals surface area (Å²) in [4.78, 5) is 25.5. The fourth-order valence-electron chi connectivity index (χ4n) is 2.25. The third-order valence-corrected chi connectivity index (χ3v) is 3.91. The molecule has 5 heteroatoms. The van der Waals surface area contributed by atoms with Crippen molar-refractivity contribution < 1.29 is 9.59 Å². The van der Waals surface area contributed by atoms with E-state index in [4.69, 9.17) is 0 Å². The van der Waals surface area contributed by atoms with Crippen molar-refractivity contribution in [3.8, 4) is 0 Å². The number of rotatable bonds is 5. The molecular weight excluding hydrogens is 356 g/mol. The maximum absolute atomic E-state index is 12.1. The highest BCUT2D eigenvalue weighted by molar-refractivity contribution is 9.10. The molecule has 2 aromatic carbocycles. The number of halogens is 1. The summed E-state index contributed by atoms with van der Waals surface area (Å²) in [5, 5.41) is 2.85. The van der Waals surface area contributed by atoms with Crippen molar-refractivity contribution in [3.05, 3.63) is 58.6 Å². The Hall–Kier alpha value is -2.14. The topological polar surface area (TPSA) is 49.4 Å². The fourth-order valence-corrected chi connectivity index (χ4v) is 2.51. The molecule has 0 radical (unpaired) electrons. The number of amides is 2. The standard InChI is InChI=1S/C18H19BrN2O2/c1-13-4-3-5-16(12-13)20-18(23)10-11-21(14(2)22)17-8-6-15(19)7-9-17/h3-9,12H,10-11H2,1-2H3,(H,20,23). The lowest BCUT2D eigenvalue weighted by molar-refractivity contribution is -0.117. The summed E-state index contributed by atoms with van der Waals surface area (Å²) in [5.74, 6) is -0.199. The third kappa shape index (κ3) is 5.21. The molecule has 2 aromatic rings. The van der Waals surface area contributed by atoms with Gasteiger partial charge in [0.25, 0.3) is 0 Å². The molecule has 2 rings (SSSR count). The number of carbonyl (C=O) groups is 2. The van der Waals surface area contributed by atoms with Crippen molar-refractivity contribution in [1.29, 1.82) is 0 Å². The molecule has 2 amide bonds. The van der Waals surface area contributed by atoms with Gasteiger partial charge >= 0.3 is 0 Å². The minimum absolute atomic E-state index is 0.0873. The van der Waals surface area contributed by atoms with Crippen LogP contribution in [0.4, 0.5) is 11.4 Å². The SMILES string of the molecule is CC(=O)N(CCC(=O)Nc1cccc(C)c1)c1ccc(Br)cc1. The fraction of sp³-hybridized carbons (Fsp3) is 0.222. The zero-order valence-corrected chi connectivity index (χ0v) is 14.8. The predicted molar refractivity (Wildman–Crippen MR) is 96.6 cm³/mol. The molecule has 120 valence electrons. The van der Waals surface area contributed by atoms with Gasteiger partial charge in [-0.2, -0.15) is 0 Å².